The van der Waals surface area contributed by atoms with Crippen LogP contribution in [0.5, 0.6) is 0 Å². The van der Waals surface area contributed by atoms with Crippen LogP contribution in [0.4, 0.5) is 17.5 Å². The second-order valence-corrected chi connectivity index (χ2v) is 7.39. The van der Waals surface area contributed by atoms with Gasteiger partial charge in [0.05, 0.1) is 18.2 Å². The number of nitrogens with one attached hydrogen (secondary N) is 2. The first kappa shape index (κ1) is 21.9. The Hall–Kier alpha value is -4.31. The van der Waals surface area contributed by atoms with Gasteiger partial charge in [0, 0.05) is 24.4 Å². The van der Waals surface area contributed by atoms with Crippen molar-refractivity contribution in [2.45, 2.75) is 19.9 Å². The molecule has 0 aliphatic rings. The number of nitrogens with zero attached hydrogens (tertiary/aromatic N) is 4. The predicted molar refractivity (Wildman–Crippen MR) is 123 cm³/mol. The molecule has 0 saturated carbocycles. The minimum atomic E-state index is -0.489. The number of primary amides is 1. The van der Waals surface area contributed by atoms with E-state index in [0.29, 0.717) is 34.5 Å². The summed E-state index contributed by atoms with van der Waals surface area (Å²) < 4.78 is 5.57. The molecule has 10 nitrogen and oxygen atoms in total. The van der Waals surface area contributed by atoms with Crippen molar-refractivity contribution in [2.75, 3.05) is 17.2 Å². The van der Waals surface area contributed by atoms with E-state index in [1.165, 1.54) is 0 Å². The van der Waals surface area contributed by atoms with E-state index in [-0.39, 0.29) is 12.5 Å². The van der Waals surface area contributed by atoms with Crippen molar-refractivity contribution in [3.63, 3.8) is 0 Å². The van der Waals surface area contributed by atoms with Crippen molar-refractivity contribution in [1.29, 1.82) is 0 Å². The van der Waals surface area contributed by atoms with Gasteiger partial charge >= 0.3 is 0 Å². The van der Waals surface area contributed by atoms with Crippen LogP contribution in [-0.2, 0) is 0 Å². The minimum absolute atomic E-state index is 0.160. The normalized spacial score (nSPS) is 11.7. The molecule has 10 heteroatoms. The maximum Gasteiger partial charge on any atom is 0.253 e. The van der Waals surface area contributed by atoms with Crippen molar-refractivity contribution in [3.05, 3.63) is 77.3 Å². The van der Waals surface area contributed by atoms with Crippen molar-refractivity contribution < 1.29 is 14.3 Å². The van der Waals surface area contributed by atoms with Crippen LogP contribution in [-0.4, -0.2) is 37.8 Å². The van der Waals surface area contributed by atoms with Gasteiger partial charge in [-0.1, -0.05) is 30.3 Å². The average Bonchev–Trinajstić information content (AvgIpc) is 3.24. The highest BCUT2D eigenvalue weighted by Crippen LogP contribution is 2.29. The van der Waals surface area contributed by atoms with Crippen molar-refractivity contribution >= 4 is 23.4 Å². The molecule has 0 spiro atoms. The largest absolute Gasteiger partial charge is 0.421 e. The lowest BCUT2D eigenvalue weighted by molar-refractivity contribution is 0.0999. The first-order valence-electron chi connectivity index (χ1n) is 10.2. The van der Waals surface area contributed by atoms with E-state index < -0.39 is 11.9 Å². The zero-order chi connectivity index (χ0) is 23.4. The summed E-state index contributed by atoms with van der Waals surface area (Å²) in [7, 11) is 0. The fourth-order valence-corrected chi connectivity index (χ4v) is 3.35. The lowest BCUT2D eigenvalue weighted by Crippen LogP contribution is -2.17. The molecular formula is C23H23N7O3. The van der Waals surface area contributed by atoms with Gasteiger partial charge in [-0.15, -0.1) is 10.2 Å². The summed E-state index contributed by atoms with van der Waals surface area (Å²) in [5.41, 5.74) is 8.63. The first-order chi connectivity index (χ1) is 15.9. The van der Waals surface area contributed by atoms with Crippen LogP contribution in [0.25, 0.3) is 11.5 Å². The standard InChI is InChI=1S/C23H23N7O3/c1-13-10-16(8-9-17(13)20(24)32)26-23-25-11-18(22-30-29-14(2)33-22)21(28-23)27-19(12-31)15-6-4-3-5-7-15/h3-11,19,31H,12H2,1-2H3,(H2,24,32)(H2,25,26,27,28). The molecule has 33 heavy (non-hydrogen) atoms. The molecular weight excluding hydrogens is 422 g/mol. The second-order valence-electron chi connectivity index (χ2n) is 7.39. The Kier molecular flexibility index (Phi) is 6.27. The third kappa shape index (κ3) is 4.96. The summed E-state index contributed by atoms with van der Waals surface area (Å²) >= 11 is 0. The van der Waals surface area contributed by atoms with Crippen molar-refractivity contribution in [1.82, 2.24) is 20.2 Å². The number of nitrogens with two attached hydrogens (primary N) is 1. The molecule has 5 N–H and O–H groups in total. The van der Waals surface area contributed by atoms with Crippen LogP contribution in [0.15, 0.2) is 59.1 Å². The van der Waals surface area contributed by atoms with E-state index in [9.17, 15) is 9.90 Å². The fraction of sp³-hybridized carbons (Fsp3) is 0.174. The molecule has 0 fully saturated rings. The molecule has 0 bridgehead atoms. The number of aryl methyl sites for hydroxylation is 2. The smallest absolute Gasteiger partial charge is 0.253 e. The van der Waals surface area contributed by atoms with Crippen LogP contribution in [0.3, 0.4) is 0 Å². The lowest BCUT2D eigenvalue weighted by atomic mass is 10.1. The summed E-state index contributed by atoms with van der Waals surface area (Å²) in [4.78, 5) is 20.4. The van der Waals surface area contributed by atoms with Crippen LogP contribution in [0.1, 0.15) is 33.4 Å². The zero-order valence-electron chi connectivity index (χ0n) is 18.1. The summed E-state index contributed by atoms with van der Waals surface area (Å²) in [5, 5.41) is 24.3. The number of hydrogen-bond donors (Lipinski definition) is 4. The highest BCUT2D eigenvalue weighted by molar-refractivity contribution is 5.94. The van der Waals surface area contributed by atoms with Crippen molar-refractivity contribution in [2.24, 2.45) is 5.73 Å². The minimum Gasteiger partial charge on any atom is -0.421 e. The van der Waals surface area contributed by atoms with Gasteiger partial charge < -0.3 is 25.9 Å². The molecule has 0 saturated heterocycles. The molecule has 1 amide bonds. The Morgan fingerprint density at radius 1 is 1.15 bits per heavy atom. The predicted octanol–water partition coefficient (Wildman–Crippen LogP) is 3.13. The van der Waals surface area contributed by atoms with Gasteiger partial charge in [-0.25, -0.2) is 4.98 Å². The van der Waals surface area contributed by atoms with Crippen LogP contribution in [0.2, 0.25) is 0 Å². The first-order valence-corrected chi connectivity index (χ1v) is 10.2. The number of aromatic nitrogens is 4. The molecule has 4 aromatic rings. The van der Waals surface area contributed by atoms with Gasteiger partial charge in [-0.2, -0.15) is 4.98 Å². The number of rotatable bonds is 8. The van der Waals surface area contributed by atoms with E-state index in [1.54, 1.807) is 38.2 Å². The Bertz CT molecular complexity index is 1270. The van der Waals surface area contributed by atoms with E-state index in [1.807, 2.05) is 30.3 Å². The molecule has 1 atom stereocenters. The summed E-state index contributed by atoms with van der Waals surface area (Å²) in [5.74, 6) is 0.882. The Morgan fingerprint density at radius 2 is 1.94 bits per heavy atom. The highest BCUT2D eigenvalue weighted by Gasteiger charge is 2.19. The van der Waals surface area contributed by atoms with Crippen LogP contribution < -0.4 is 16.4 Å². The maximum absolute atomic E-state index is 11.5. The van der Waals surface area contributed by atoms with Gasteiger partial charge in [0.15, 0.2) is 0 Å². The van der Waals surface area contributed by atoms with Crippen LogP contribution in [0, 0.1) is 13.8 Å². The number of amides is 1. The third-order valence-corrected chi connectivity index (χ3v) is 4.99. The quantitative estimate of drug-likeness (QED) is 0.320. The molecule has 2 heterocycles. The fourth-order valence-electron chi connectivity index (χ4n) is 3.35. The Balaban J connectivity index is 1.69. The molecule has 2 aromatic heterocycles. The van der Waals surface area contributed by atoms with E-state index in [2.05, 4.69) is 30.8 Å². The van der Waals surface area contributed by atoms with E-state index in [0.717, 1.165) is 11.1 Å². The van der Waals surface area contributed by atoms with Gasteiger partial charge in [0.1, 0.15) is 5.82 Å². The lowest BCUT2D eigenvalue weighted by Gasteiger charge is -2.19. The number of aliphatic hydroxyl groups is 1. The van der Waals surface area contributed by atoms with Gasteiger partial charge in [0.2, 0.25) is 17.7 Å². The van der Waals surface area contributed by atoms with Gasteiger partial charge in [-0.3, -0.25) is 4.79 Å². The molecule has 0 radical (unpaired) electrons. The van der Waals surface area contributed by atoms with E-state index in [4.69, 9.17) is 10.2 Å². The van der Waals surface area contributed by atoms with E-state index >= 15 is 0 Å². The Morgan fingerprint density at radius 3 is 2.58 bits per heavy atom. The third-order valence-electron chi connectivity index (χ3n) is 4.99. The maximum atomic E-state index is 11.5. The van der Waals surface area contributed by atoms with Gasteiger partial charge in [-0.05, 0) is 36.2 Å². The number of aliphatic hydroxyl groups excluding tert-OH is 1. The molecule has 2 aromatic carbocycles. The molecule has 4 rings (SSSR count). The summed E-state index contributed by atoms with van der Waals surface area (Å²) in [6.07, 6.45) is 1.56. The molecule has 168 valence electrons. The highest BCUT2D eigenvalue weighted by atomic mass is 16.4. The molecule has 1 unspecified atom stereocenters. The van der Waals surface area contributed by atoms with Crippen molar-refractivity contribution in [3.8, 4) is 11.5 Å². The summed E-state index contributed by atoms with van der Waals surface area (Å²) in [6, 6.07) is 14.2. The number of hydrogen-bond acceptors (Lipinski definition) is 9. The number of carbonyl (C=O) groups excluding carboxylic acids is 1. The molecule has 0 aliphatic carbocycles. The monoisotopic (exact) mass is 445 g/mol. The number of anilines is 3. The number of carbonyl (C=O) groups is 1. The average molecular weight is 445 g/mol. The van der Waals surface area contributed by atoms with Crippen LogP contribution >= 0.6 is 0 Å². The number of benzene rings is 2. The topological polar surface area (TPSA) is 152 Å². The molecule has 0 aliphatic heterocycles. The zero-order valence-corrected chi connectivity index (χ0v) is 18.1. The Labute approximate surface area is 189 Å². The summed E-state index contributed by atoms with van der Waals surface area (Å²) in [6.45, 7) is 3.33. The van der Waals surface area contributed by atoms with Gasteiger partial charge in [0.25, 0.3) is 5.89 Å². The SMILES string of the molecule is Cc1nnc(-c2cnc(Nc3ccc(C(N)=O)c(C)c3)nc2NC(CO)c2ccccc2)o1. The second kappa shape index (κ2) is 9.45.